The summed E-state index contributed by atoms with van der Waals surface area (Å²) < 4.78 is 38.6. The summed E-state index contributed by atoms with van der Waals surface area (Å²) in [5, 5.41) is 0. The first-order valence-corrected chi connectivity index (χ1v) is 14.8. The van der Waals surface area contributed by atoms with Gasteiger partial charge < -0.3 is 33.2 Å². The molecule has 0 aliphatic carbocycles. The molecule has 0 aliphatic rings. The molecule has 0 saturated heterocycles. The second-order valence-electron chi connectivity index (χ2n) is 9.44. The maximum absolute atomic E-state index is 5.64. The summed E-state index contributed by atoms with van der Waals surface area (Å²) >= 11 is 0. The summed E-state index contributed by atoms with van der Waals surface area (Å²) in [5.41, 5.74) is 0. The first kappa shape index (κ1) is 35.7. The molecule has 0 N–H and O–H groups in total. The highest BCUT2D eigenvalue weighted by Crippen LogP contribution is 2.10. The van der Waals surface area contributed by atoms with E-state index >= 15 is 0 Å². The highest BCUT2D eigenvalue weighted by Gasteiger charge is 1.98. The zero-order valence-electron chi connectivity index (χ0n) is 24.1. The second-order valence-corrected chi connectivity index (χ2v) is 9.44. The van der Waals surface area contributed by atoms with Crippen molar-refractivity contribution < 1.29 is 33.2 Å². The minimum absolute atomic E-state index is 0.564. The molecule has 0 aromatic carbocycles. The minimum atomic E-state index is 0.564. The fraction of sp³-hybridized carbons (Fsp3) is 1.00. The Kier molecular flexibility index (Phi) is 32.5. The van der Waals surface area contributed by atoms with E-state index in [0.29, 0.717) is 85.2 Å². The minimum Gasteiger partial charge on any atom is -0.379 e. The molecule has 36 heavy (non-hydrogen) atoms. The van der Waals surface area contributed by atoms with Crippen LogP contribution in [0.2, 0.25) is 0 Å². The van der Waals surface area contributed by atoms with Gasteiger partial charge in [0.25, 0.3) is 0 Å². The number of hydrogen-bond acceptors (Lipinski definition) is 7. The van der Waals surface area contributed by atoms with Gasteiger partial charge in [-0.05, 0) is 12.3 Å². The largest absolute Gasteiger partial charge is 0.379 e. The first-order chi connectivity index (χ1) is 17.8. The van der Waals surface area contributed by atoms with Crippen molar-refractivity contribution in [3.8, 4) is 0 Å². The zero-order valence-corrected chi connectivity index (χ0v) is 24.1. The molecule has 0 spiro atoms. The Morgan fingerprint density at radius 2 is 0.667 bits per heavy atom. The molecule has 0 heterocycles. The maximum atomic E-state index is 5.64. The van der Waals surface area contributed by atoms with Gasteiger partial charge in [-0.1, -0.05) is 85.0 Å². The summed E-state index contributed by atoms with van der Waals surface area (Å²) in [6.07, 6.45) is 14.7. The van der Waals surface area contributed by atoms with Gasteiger partial charge >= 0.3 is 0 Å². The topological polar surface area (TPSA) is 64.6 Å². The predicted octanol–water partition coefficient (Wildman–Crippen LogP) is 6.07. The highest BCUT2D eigenvalue weighted by atomic mass is 16.6. The van der Waals surface area contributed by atoms with E-state index in [1.165, 1.54) is 57.8 Å². The van der Waals surface area contributed by atoms with Crippen LogP contribution in [0.4, 0.5) is 0 Å². The lowest BCUT2D eigenvalue weighted by Gasteiger charge is -2.10. The summed E-state index contributed by atoms with van der Waals surface area (Å²) in [4.78, 5) is 0. The third-order valence-corrected chi connectivity index (χ3v) is 5.97. The van der Waals surface area contributed by atoms with Crippen LogP contribution in [0.15, 0.2) is 0 Å². The van der Waals surface area contributed by atoms with Crippen LogP contribution in [0, 0.1) is 5.92 Å². The summed E-state index contributed by atoms with van der Waals surface area (Å²) in [6, 6.07) is 0. The molecule has 0 bridgehead atoms. The predicted molar refractivity (Wildman–Crippen MR) is 147 cm³/mol. The van der Waals surface area contributed by atoms with Crippen molar-refractivity contribution in [3.05, 3.63) is 0 Å². The Balaban J connectivity index is 3.02. The number of rotatable bonds is 32. The van der Waals surface area contributed by atoms with E-state index in [4.69, 9.17) is 33.2 Å². The van der Waals surface area contributed by atoms with Crippen LogP contribution in [-0.2, 0) is 33.2 Å². The van der Waals surface area contributed by atoms with E-state index in [0.717, 1.165) is 26.1 Å². The lowest BCUT2D eigenvalue weighted by molar-refractivity contribution is -0.0215. The van der Waals surface area contributed by atoms with Crippen LogP contribution in [0.5, 0.6) is 0 Å². The third kappa shape index (κ3) is 31.7. The molecular formula is C29H60O7. The quantitative estimate of drug-likeness (QED) is 0.0998. The molecule has 7 heteroatoms. The average molecular weight is 521 g/mol. The monoisotopic (exact) mass is 520 g/mol. The zero-order chi connectivity index (χ0) is 26.2. The molecular weight excluding hydrogens is 460 g/mol. The molecule has 0 radical (unpaired) electrons. The Morgan fingerprint density at radius 1 is 0.361 bits per heavy atom. The fourth-order valence-corrected chi connectivity index (χ4v) is 3.41. The van der Waals surface area contributed by atoms with E-state index in [-0.39, 0.29) is 0 Å². The lowest BCUT2D eigenvalue weighted by atomic mass is 10.1. The van der Waals surface area contributed by atoms with Gasteiger partial charge in [0.15, 0.2) is 0 Å². The molecule has 7 nitrogen and oxygen atoms in total. The van der Waals surface area contributed by atoms with Crippen LogP contribution in [0.1, 0.15) is 91.4 Å². The molecule has 0 aliphatic heterocycles. The van der Waals surface area contributed by atoms with Gasteiger partial charge in [0.1, 0.15) is 0 Å². The SMILES string of the molecule is CCCCCCCCCCCCOCCOCCOCCOCCOCCOCCOCC(C)CC. The molecule has 218 valence electrons. The Bertz CT molecular complexity index is 385. The van der Waals surface area contributed by atoms with Crippen LogP contribution >= 0.6 is 0 Å². The molecule has 0 amide bonds. The van der Waals surface area contributed by atoms with Crippen molar-refractivity contribution in [2.24, 2.45) is 5.92 Å². The van der Waals surface area contributed by atoms with Crippen LogP contribution in [-0.4, -0.2) is 92.5 Å². The summed E-state index contributed by atoms with van der Waals surface area (Å²) in [5.74, 6) is 0.612. The van der Waals surface area contributed by atoms with Gasteiger partial charge in [-0.15, -0.1) is 0 Å². The van der Waals surface area contributed by atoms with Gasteiger partial charge in [-0.25, -0.2) is 0 Å². The molecule has 1 unspecified atom stereocenters. The van der Waals surface area contributed by atoms with E-state index in [1.54, 1.807) is 0 Å². The van der Waals surface area contributed by atoms with Gasteiger partial charge in [0.05, 0.1) is 79.3 Å². The summed E-state index contributed by atoms with van der Waals surface area (Å²) in [6.45, 7) is 15.4. The first-order valence-electron chi connectivity index (χ1n) is 14.8. The van der Waals surface area contributed by atoms with Gasteiger partial charge in [0.2, 0.25) is 0 Å². The molecule has 0 saturated carbocycles. The van der Waals surface area contributed by atoms with Crippen LogP contribution in [0.3, 0.4) is 0 Å². The number of hydrogen-bond donors (Lipinski definition) is 0. The van der Waals surface area contributed by atoms with Crippen molar-refractivity contribution in [1.29, 1.82) is 0 Å². The van der Waals surface area contributed by atoms with Gasteiger partial charge in [-0.3, -0.25) is 0 Å². The van der Waals surface area contributed by atoms with Gasteiger partial charge in [-0.2, -0.15) is 0 Å². The normalized spacial score (nSPS) is 12.4. The molecule has 0 aromatic heterocycles. The van der Waals surface area contributed by atoms with E-state index in [2.05, 4.69) is 20.8 Å². The third-order valence-electron chi connectivity index (χ3n) is 5.97. The molecule has 0 aromatic rings. The van der Waals surface area contributed by atoms with Gasteiger partial charge in [0, 0.05) is 13.2 Å². The standard InChI is InChI=1S/C29H60O7/c1-4-6-7-8-9-10-11-12-13-14-15-30-16-17-31-18-19-32-20-21-33-22-23-34-24-25-35-26-27-36-28-29(3)5-2/h29H,4-28H2,1-3H3. The lowest BCUT2D eigenvalue weighted by Crippen LogP contribution is -2.15. The van der Waals surface area contributed by atoms with Crippen molar-refractivity contribution in [3.63, 3.8) is 0 Å². The Morgan fingerprint density at radius 3 is 1.03 bits per heavy atom. The fourth-order valence-electron chi connectivity index (χ4n) is 3.41. The van der Waals surface area contributed by atoms with Crippen molar-refractivity contribution in [2.45, 2.75) is 91.4 Å². The van der Waals surface area contributed by atoms with Crippen LogP contribution < -0.4 is 0 Å². The second kappa shape index (κ2) is 32.7. The van der Waals surface area contributed by atoms with Crippen molar-refractivity contribution >= 4 is 0 Å². The summed E-state index contributed by atoms with van der Waals surface area (Å²) in [7, 11) is 0. The van der Waals surface area contributed by atoms with E-state index < -0.39 is 0 Å². The molecule has 0 fully saturated rings. The van der Waals surface area contributed by atoms with Crippen molar-refractivity contribution in [1.82, 2.24) is 0 Å². The Hall–Kier alpha value is -0.280. The molecule has 0 rings (SSSR count). The Labute approximate surface area is 223 Å². The smallest absolute Gasteiger partial charge is 0.0701 e. The number of ether oxygens (including phenoxy) is 7. The van der Waals surface area contributed by atoms with Crippen LogP contribution in [0.25, 0.3) is 0 Å². The maximum Gasteiger partial charge on any atom is 0.0701 e. The van der Waals surface area contributed by atoms with E-state index in [9.17, 15) is 0 Å². The van der Waals surface area contributed by atoms with E-state index in [1.807, 2.05) is 0 Å². The molecule has 1 atom stereocenters. The number of unbranched alkanes of at least 4 members (excludes halogenated alkanes) is 9. The average Bonchev–Trinajstić information content (AvgIpc) is 2.89. The van der Waals surface area contributed by atoms with Crippen molar-refractivity contribution in [2.75, 3.05) is 92.5 Å². The highest BCUT2D eigenvalue weighted by molar-refractivity contribution is 4.48.